The number of morpholine rings is 1. The quantitative estimate of drug-likeness (QED) is 0.570. The number of carbonyl (C=O) groups excluding carboxylic acids is 2. The molecule has 0 saturated carbocycles. The molecule has 3 atom stereocenters. The second kappa shape index (κ2) is 12.0. The lowest BCUT2D eigenvalue weighted by Gasteiger charge is -2.41. The van der Waals surface area contributed by atoms with Gasteiger partial charge >= 0.3 is 0 Å². The van der Waals surface area contributed by atoms with Crippen LogP contribution in [-0.2, 0) is 14.3 Å². The highest BCUT2D eigenvalue weighted by Crippen LogP contribution is 2.20. The molecular weight excluding hydrogens is 382 g/mol. The Morgan fingerprint density at radius 2 is 1.93 bits per heavy atom. The second-order valence-electron chi connectivity index (χ2n) is 8.28. The minimum absolute atomic E-state index is 0.0550. The van der Waals surface area contributed by atoms with Gasteiger partial charge in [0, 0.05) is 44.1 Å². The molecule has 3 unspecified atom stereocenters. The van der Waals surface area contributed by atoms with Crippen molar-refractivity contribution in [3.8, 4) is 0 Å². The van der Waals surface area contributed by atoms with Gasteiger partial charge in [-0.2, -0.15) is 0 Å². The van der Waals surface area contributed by atoms with Crippen LogP contribution in [-0.4, -0.2) is 67.8 Å². The molecule has 0 radical (unpaired) electrons. The minimum atomic E-state index is -0.255. The summed E-state index contributed by atoms with van der Waals surface area (Å²) in [7, 11) is 0. The highest BCUT2D eigenvalue weighted by molar-refractivity contribution is 5.98. The largest absolute Gasteiger partial charge is 0.382 e. The highest BCUT2D eigenvalue weighted by Gasteiger charge is 2.34. The first kappa shape index (κ1) is 24.3. The van der Waals surface area contributed by atoms with Crippen molar-refractivity contribution in [2.45, 2.75) is 59.3 Å². The Morgan fingerprint density at radius 3 is 2.57 bits per heavy atom. The molecule has 0 spiro atoms. The maximum atomic E-state index is 13.1. The van der Waals surface area contributed by atoms with Crippen LogP contribution in [0.15, 0.2) is 24.3 Å². The summed E-state index contributed by atoms with van der Waals surface area (Å²) in [5.74, 6) is -0.0567. The Balaban J connectivity index is 1.99. The lowest BCUT2D eigenvalue weighted by Crippen LogP contribution is -2.55. The van der Waals surface area contributed by atoms with E-state index in [2.05, 4.69) is 29.4 Å². The number of nitrogens with zero attached hydrogens (tertiary/aromatic N) is 1. The topological polar surface area (TPSA) is 79.9 Å². The molecule has 7 nitrogen and oxygen atoms in total. The van der Waals surface area contributed by atoms with Crippen LogP contribution >= 0.6 is 0 Å². The number of hydrogen-bond acceptors (Lipinski definition) is 5. The number of hydrogen-bond donors (Lipinski definition) is 2. The van der Waals surface area contributed by atoms with E-state index in [1.165, 1.54) is 0 Å². The predicted molar refractivity (Wildman–Crippen MR) is 119 cm³/mol. The lowest BCUT2D eigenvalue weighted by molar-refractivity contribution is -0.130. The summed E-state index contributed by atoms with van der Waals surface area (Å²) in [6.07, 6.45) is 0.956. The summed E-state index contributed by atoms with van der Waals surface area (Å²) >= 11 is 0. The molecule has 0 bridgehead atoms. The van der Waals surface area contributed by atoms with Gasteiger partial charge in [-0.05, 0) is 51.3 Å². The van der Waals surface area contributed by atoms with Crippen LogP contribution in [0.1, 0.15) is 51.4 Å². The maximum absolute atomic E-state index is 13.1. The van der Waals surface area contributed by atoms with Crippen LogP contribution < -0.4 is 10.6 Å². The third-order valence-corrected chi connectivity index (χ3v) is 5.09. The first-order valence-corrected chi connectivity index (χ1v) is 11.0. The number of benzene rings is 1. The van der Waals surface area contributed by atoms with E-state index >= 15 is 0 Å². The van der Waals surface area contributed by atoms with Gasteiger partial charge in [0.05, 0.1) is 18.2 Å². The van der Waals surface area contributed by atoms with Crippen LogP contribution in [0.25, 0.3) is 0 Å². The van der Waals surface area contributed by atoms with Crippen molar-refractivity contribution < 1.29 is 19.1 Å². The van der Waals surface area contributed by atoms with Crippen molar-refractivity contribution in [3.63, 3.8) is 0 Å². The zero-order valence-corrected chi connectivity index (χ0v) is 18.9. The Labute approximate surface area is 180 Å². The molecule has 2 N–H and O–H groups in total. The highest BCUT2D eigenvalue weighted by atomic mass is 16.5. The van der Waals surface area contributed by atoms with E-state index in [-0.39, 0.29) is 36.0 Å². The van der Waals surface area contributed by atoms with E-state index in [9.17, 15) is 9.59 Å². The number of carbonyl (C=O) groups is 2. The van der Waals surface area contributed by atoms with E-state index in [0.717, 1.165) is 19.5 Å². The molecule has 1 heterocycles. The smallest absolute Gasteiger partial charge is 0.251 e. The van der Waals surface area contributed by atoms with Crippen molar-refractivity contribution in [2.24, 2.45) is 5.92 Å². The molecule has 168 valence electrons. The third-order valence-electron chi connectivity index (χ3n) is 5.09. The fourth-order valence-corrected chi connectivity index (χ4v) is 3.91. The molecule has 2 rings (SSSR count). The zero-order valence-electron chi connectivity index (χ0n) is 18.9. The van der Waals surface area contributed by atoms with Gasteiger partial charge in [0.1, 0.15) is 0 Å². The second-order valence-corrected chi connectivity index (χ2v) is 8.28. The van der Waals surface area contributed by atoms with Gasteiger partial charge < -0.3 is 20.1 Å². The summed E-state index contributed by atoms with van der Waals surface area (Å²) in [4.78, 5) is 27.7. The summed E-state index contributed by atoms with van der Waals surface area (Å²) < 4.78 is 11.1. The van der Waals surface area contributed by atoms with Crippen LogP contribution in [0, 0.1) is 5.92 Å². The number of rotatable bonds is 10. The zero-order chi connectivity index (χ0) is 22.1. The van der Waals surface area contributed by atoms with Crippen LogP contribution in [0.4, 0.5) is 5.69 Å². The van der Waals surface area contributed by atoms with Crippen LogP contribution in [0.2, 0.25) is 0 Å². The number of anilines is 1. The molecule has 1 aliphatic rings. The van der Waals surface area contributed by atoms with Gasteiger partial charge in [0.2, 0.25) is 5.91 Å². The standard InChI is InChI=1S/C23H37N3O4/c1-6-29-12-8-11-24-22(27)19-9-7-10-20(13-19)25-23(28)21(16(2)3)26-14-17(4)30-18(5)15-26/h7,9-10,13,16-18,21H,6,8,11-12,14-15H2,1-5H3,(H,24,27)(H,25,28). The minimum Gasteiger partial charge on any atom is -0.382 e. The first-order chi connectivity index (χ1) is 14.3. The molecule has 2 amide bonds. The first-order valence-electron chi connectivity index (χ1n) is 11.0. The van der Waals surface area contributed by atoms with Crippen LogP contribution in [0.3, 0.4) is 0 Å². The Morgan fingerprint density at radius 1 is 1.23 bits per heavy atom. The van der Waals surface area contributed by atoms with Gasteiger partial charge in [-0.25, -0.2) is 0 Å². The van der Waals surface area contributed by atoms with Gasteiger partial charge in [-0.1, -0.05) is 19.9 Å². The summed E-state index contributed by atoms with van der Waals surface area (Å²) in [5.41, 5.74) is 1.15. The van der Waals surface area contributed by atoms with E-state index in [0.29, 0.717) is 31.0 Å². The number of nitrogens with one attached hydrogen (secondary N) is 2. The fraction of sp³-hybridized carbons (Fsp3) is 0.652. The van der Waals surface area contributed by atoms with E-state index in [1.54, 1.807) is 18.2 Å². The Bertz CT molecular complexity index is 685. The molecule has 1 aromatic rings. The van der Waals surface area contributed by atoms with Gasteiger partial charge in [0.25, 0.3) is 5.91 Å². The monoisotopic (exact) mass is 419 g/mol. The average Bonchev–Trinajstić information content (AvgIpc) is 2.67. The molecule has 1 fully saturated rings. The average molecular weight is 420 g/mol. The lowest BCUT2D eigenvalue weighted by atomic mass is 9.99. The normalized spacial score (nSPS) is 20.7. The third kappa shape index (κ3) is 7.38. The summed E-state index contributed by atoms with van der Waals surface area (Å²) in [6, 6.07) is 6.81. The molecule has 1 saturated heterocycles. The van der Waals surface area contributed by atoms with Gasteiger partial charge in [-0.3, -0.25) is 14.5 Å². The van der Waals surface area contributed by atoms with Gasteiger partial charge in [0.15, 0.2) is 0 Å². The predicted octanol–water partition coefficient (Wildman–Crippen LogP) is 2.92. The van der Waals surface area contributed by atoms with E-state index < -0.39 is 0 Å². The maximum Gasteiger partial charge on any atom is 0.251 e. The summed E-state index contributed by atoms with van der Waals surface area (Å²) in [5, 5.41) is 5.90. The molecule has 1 aromatic carbocycles. The fourth-order valence-electron chi connectivity index (χ4n) is 3.91. The van der Waals surface area contributed by atoms with Crippen molar-refractivity contribution in [3.05, 3.63) is 29.8 Å². The van der Waals surface area contributed by atoms with Gasteiger partial charge in [-0.15, -0.1) is 0 Å². The van der Waals surface area contributed by atoms with Crippen LogP contribution in [0.5, 0.6) is 0 Å². The molecule has 30 heavy (non-hydrogen) atoms. The SMILES string of the molecule is CCOCCCNC(=O)c1cccc(NC(=O)C(C(C)C)N2CC(C)OC(C)C2)c1. The Kier molecular flexibility index (Phi) is 9.75. The molecule has 0 aliphatic carbocycles. The van der Waals surface area contributed by atoms with E-state index in [4.69, 9.17) is 9.47 Å². The molecule has 0 aromatic heterocycles. The number of amides is 2. The van der Waals surface area contributed by atoms with Crippen molar-refractivity contribution in [1.82, 2.24) is 10.2 Å². The molecule has 7 heteroatoms. The molecule has 1 aliphatic heterocycles. The Hall–Kier alpha value is -1.96. The van der Waals surface area contributed by atoms with Crippen molar-refractivity contribution in [2.75, 3.05) is 38.2 Å². The molecular formula is C23H37N3O4. The van der Waals surface area contributed by atoms with Crippen molar-refractivity contribution >= 4 is 17.5 Å². The number of ether oxygens (including phenoxy) is 2. The summed E-state index contributed by atoms with van der Waals surface area (Å²) in [6.45, 7) is 13.4. The van der Waals surface area contributed by atoms with Crippen molar-refractivity contribution in [1.29, 1.82) is 0 Å². The van der Waals surface area contributed by atoms with E-state index in [1.807, 2.05) is 26.8 Å².